The number of alkyl carbamates (subject to hydrolysis) is 1. The Morgan fingerprint density at radius 2 is 2.00 bits per heavy atom. The van der Waals surface area contributed by atoms with Gasteiger partial charge in [0.05, 0.1) is 12.6 Å². The molecule has 0 heterocycles. The van der Waals surface area contributed by atoms with Gasteiger partial charge in [0.1, 0.15) is 5.60 Å². The molecule has 0 bridgehead atoms. The molecule has 2 unspecified atom stereocenters. The maximum Gasteiger partial charge on any atom is 0.407 e. The van der Waals surface area contributed by atoms with Gasteiger partial charge in [-0.2, -0.15) is 0 Å². The summed E-state index contributed by atoms with van der Waals surface area (Å²) in [6, 6.07) is 0.266. The number of terminal acetylenes is 1. The van der Waals surface area contributed by atoms with Crippen LogP contribution in [0.2, 0.25) is 0 Å². The van der Waals surface area contributed by atoms with Gasteiger partial charge in [-0.05, 0) is 40.0 Å². The number of carbonyl (C=O) groups excluding carboxylic acids is 1. The fraction of sp³-hybridized carbons (Fsp3) is 0.824. The number of hydrogen-bond donors (Lipinski definition) is 2. The zero-order valence-corrected chi connectivity index (χ0v) is 14.7. The molecular formula is C17H32N2O3. The largest absolute Gasteiger partial charge is 0.444 e. The van der Waals surface area contributed by atoms with E-state index < -0.39 is 5.60 Å². The smallest absolute Gasteiger partial charge is 0.407 e. The molecule has 0 aliphatic heterocycles. The van der Waals surface area contributed by atoms with Gasteiger partial charge in [0.25, 0.3) is 0 Å². The lowest BCUT2D eigenvalue weighted by atomic mass is 10.1. The summed E-state index contributed by atoms with van der Waals surface area (Å²) < 4.78 is 10.4. The number of rotatable bonds is 10. The van der Waals surface area contributed by atoms with Crippen molar-refractivity contribution < 1.29 is 14.3 Å². The van der Waals surface area contributed by atoms with Crippen molar-refractivity contribution in [1.29, 1.82) is 0 Å². The number of hydrogen-bond acceptors (Lipinski definition) is 4. The Hall–Kier alpha value is -1.25. The second-order valence-corrected chi connectivity index (χ2v) is 6.40. The first-order chi connectivity index (χ1) is 10.3. The lowest BCUT2D eigenvalue weighted by Gasteiger charge is -2.22. The summed E-state index contributed by atoms with van der Waals surface area (Å²) in [6.45, 7) is 8.83. The minimum Gasteiger partial charge on any atom is -0.444 e. The van der Waals surface area contributed by atoms with Gasteiger partial charge in [-0.3, -0.25) is 5.32 Å². The number of ether oxygens (including phenoxy) is 2. The third-order valence-corrected chi connectivity index (χ3v) is 2.98. The molecule has 1 amide bonds. The summed E-state index contributed by atoms with van der Waals surface area (Å²) in [7, 11) is 1.68. The summed E-state index contributed by atoms with van der Waals surface area (Å²) in [5.74, 6) is 2.77. The topological polar surface area (TPSA) is 59.6 Å². The summed E-state index contributed by atoms with van der Waals surface area (Å²) >= 11 is 0. The van der Waals surface area contributed by atoms with Gasteiger partial charge >= 0.3 is 6.09 Å². The Bertz CT molecular complexity index is 345. The lowest BCUT2D eigenvalue weighted by molar-refractivity contribution is 0.0526. The van der Waals surface area contributed by atoms with Crippen LogP contribution in [0.1, 0.15) is 53.4 Å². The second kappa shape index (κ2) is 11.3. The standard InChI is InChI=1S/C17H32N2O3/c1-7-10-14(8-2)19-15(13-21-6)11-9-12-18-16(20)22-17(3,4)5/h2,14-15,19H,7,9-13H2,1,3-6H3,(H,18,20). The van der Waals surface area contributed by atoms with Crippen molar-refractivity contribution in [1.82, 2.24) is 10.6 Å². The van der Waals surface area contributed by atoms with Crippen molar-refractivity contribution in [3.63, 3.8) is 0 Å². The molecule has 0 fully saturated rings. The average molecular weight is 312 g/mol. The molecule has 0 spiro atoms. The van der Waals surface area contributed by atoms with Crippen molar-refractivity contribution in [2.45, 2.75) is 71.1 Å². The molecule has 0 aromatic carbocycles. The van der Waals surface area contributed by atoms with E-state index in [-0.39, 0.29) is 18.2 Å². The van der Waals surface area contributed by atoms with Crippen molar-refractivity contribution in [2.24, 2.45) is 0 Å². The van der Waals surface area contributed by atoms with Crippen LogP contribution < -0.4 is 10.6 Å². The zero-order chi connectivity index (χ0) is 17.0. The average Bonchev–Trinajstić information content (AvgIpc) is 2.41. The maximum absolute atomic E-state index is 11.5. The SMILES string of the molecule is C#CC(CCC)NC(CCCNC(=O)OC(C)(C)C)COC. The highest BCUT2D eigenvalue weighted by molar-refractivity contribution is 5.67. The van der Waals surface area contributed by atoms with Gasteiger partial charge in [-0.15, -0.1) is 6.42 Å². The van der Waals surface area contributed by atoms with E-state index in [1.807, 2.05) is 20.8 Å². The number of nitrogens with one attached hydrogen (secondary N) is 2. The van der Waals surface area contributed by atoms with E-state index in [0.29, 0.717) is 13.2 Å². The van der Waals surface area contributed by atoms with E-state index in [4.69, 9.17) is 15.9 Å². The predicted octanol–water partition coefficient (Wildman–Crippen LogP) is 2.70. The molecule has 5 heteroatoms. The fourth-order valence-corrected chi connectivity index (χ4v) is 2.06. The lowest BCUT2D eigenvalue weighted by Crippen LogP contribution is -2.41. The molecule has 128 valence electrons. The van der Waals surface area contributed by atoms with Gasteiger partial charge in [0, 0.05) is 19.7 Å². The van der Waals surface area contributed by atoms with Crippen molar-refractivity contribution >= 4 is 6.09 Å². The first-order valence-corrected chi connectivity index (χ1v) is 8.00. The van der Waals surface area contributed by atoms with Gasteiger partial charge < -0.3 is 14.8 Å². The molecule has 0 aliphatic carbocycles. The molecule has 5 nitrogen and oxygen atoms in total. The van der Waals surface area contributed by atoms with Crippen molar-refractivity contribution in [3.05, 3.63) is 0 Å². The van der Waals surface area contributed by atoms with E-state index >= 15 is 0 Å². The Labute approximate surface area is 135 Å². The van der Waals surface area contributed by atoms with Crippen LogP contribution in [0.4, 0.5) is 4.79 Å². The Morgan fingerprint density at radius 3 is 2.50 bits per heavy atom. The predicted molar refractivity (Wildman–Crippen MR) is 89.8 cm³/mol. The summed E-state index contributed by atoms with van der Waals surface area (Å²) in [5, 5.41) is 6.19. The molecule has 2 N–H and O–H groups in total. The summed E-state index contributed by atoms with van der Waals surface area (Å²) in [6.07, 6.45) is 8.86. The van der Waals surface area contributed by atoms with E-state index in [9.17, 15) is 4.79 Å². The van der Waals surface area contributed by atoms with Crippen LogP contribution in [0.3, 0.4) is 0 Å². The molecule has 0 saturated heterocycles. The van der Waals surface area contributed by atoms with E-state index in [1.165, 1.54) is 0 Å². The number of methoxy groups -OCH3 is 1. The highest BCUT2D eigenvalue weighted by Gasteiger charge is 2.16. The minimum atomic E-state index is -0.468. The fourth-order valence-electron chi connectivity index (χ4n) is 2.06. The quantitative estimate of drug-likeness (QED) is 0.481. The second-order valence-electron chi connectivity index (χ2n) is 6.40. The van der Waals surface area contributed by atoms with Crippen molar-refractivity contribution in [3.8, 4) is 12.3 Å². The third-order valence-electron chi connectivity index (χ3n) is 2.98. The molecule has 22 heavy (non-hydrogen) atoms. The number of carbonyl (C=O) groups is 1. The first-order valence-electron chi connectivity index (χ1n) is 8.00. The first kappa shape index (κ1) is 20.8. The zero-order valence-electron chi connectivity index (χ0n) is 14.7. The molecule has 2 atom stereocenters. The van der Waals surface area contributed by atoms with Crippen LogP contribution in [-0.4, -0.2) is 44.0 Å². The van der Waals surface area contributed by atoms with Gasteiger partial charge in [-0.1, -0.05) is 19.3 Å². The van der Waals surface area contributed by atoms with E-state index in [2.05, 4.69) is 23.5 Å². The third kappa shape index (κ3) is 11.4. The maximum atomic E-state index is 11.5. The highest BCUT2D eigenvalue weighted by Crippen LogP contribution is 2.07. The molecule has 0 aromatic heterocycles. The highest BCUT2D eigenvalue weighted by atomic mass is 16.6. The normalized spacial score (nSPS) is 14.0. The molecule has 0 aromatic rings. The molecule has 0 rings (SSSR count). The summed E-state index contributed by atoms with van der Waals surface area (Å²) in [5.41, 5.74) is -0.468. The van der Waals surface area contributed by atoms with Gasteiger partial charge in [0.2, 0.25) is 0 Å². The van der Waals surface area contributed by atoms with Crippen LogP contribution in [-0.2, 0) is 9.47 Å². The molecule has 0 saturated carbocycles. The van der Waals surface area contributed by atoms with Crippen molar-refractivity contribution in [2.75, 3.05) is 20.3 Å². The van der Waals surface area contributed by atoms with Crippen LogP contribution in [0.5, 0.6) is 0 Å². The monoisotopic (exact) mass is 312 g/mol. The Balaban J connectivity index is 4.05. The van der Waals surface area contributed by atoms with Crippen LogP contribution in [0.25, 0.3) is 0 Å². The van der Waals surface area contributed by atoms with E-state index in [0.717, 1.165) is 25.7 Å². The molecular weight excluding hydrogens is 280 g/mol. The van der Waals surface area contributed by atoms with Crippen LogP contribution in [0, 0.1) is 12.3 Å². The van der Waals surface area contributed by atoms with Gasteiger partial charge in [-0.25, -0.2) is 4.79 Å². The Morgan fingerprint density at radius 1 is 1.32 bits per heavy atom. The molecule has 0 radical (unpaired) electrons. The van der Waals surface area contributed by atoms with Crippen LogP contribution >= 0.6 is 0 Å². The number of amides is 1. The summed E-state index contributed by atoms with van der Waals surface area (Å²) in [4.78, 5) is 11.5. The Kier molecular flexibility index (Phi) is 10.7. The van der Waals surface area contributed by atoms with Crippen LogP contribution in [0.15, 0.2) is 0 Å². The van der Waals surface area contributed by atoms with Gasteiger partial charge in [0.15, 0.2) is 0 Å². The molecule has 0 aliphatic rings. The van der Waals surface area contributed by atoms with E-state index in [1.54, 1.807) is 7.11 Å². The minimum absolute atomic E-state index is 0.0731.